The largest absolute Gasteiger partial charge is 0.490 e. The summed E-state index contributed by atoms with van der Waals surface area (Å²) in [6, 6.07) is 14.6. The van der Waals surface area contributed by atoms with Gasteiger partial charge in [0.1, 0.15) is 6.10 Å². The molecule has 1 fully saturated rings. The van der Waals surface area contributed by atoms with E-state index < -0.39 is 5.97 Å². The quantitative estimate of drug-likeness (QED) is 0.454. The molecular weight excluding hydrogens is 460 g/mol. The van der Waals surface area contributed by atoms with Gasteiger partial charge in [-0.1, -0.05) is 24.3 Å². The van der Waals surface area contributed by atoms with Crippen molar-refractivity contribution in [2.75, 3.05) is 31.7 Å². The van der Waals surface area contributed by atoms with Gasteiger partial charge in [-0.25, -0.2) is 14.8 Å². The number of carbonyl (C=O) groups is 2. The number of piperidine rings is 1. The molecule has 1 amide bonds. The van der Waals surface area contributed by atoms with Crippen LogP contribution in [0.2, 0.25) is 0 Å². The van der Waals surface area contributed by atoms with E-state index in [-0.39, 0.29) is 18.6 Å². The highest BCUT2D eigenvalue weighted by Gasteiger charge is 2.24. The summed E-state index contributed by atoms with van der Waals surface area (Å²) in [5.41, 5.74) is 1.58. The molecule has 188 valence electrons. The van der Waals surface area contributed by atoms with Crippen LogP contribution in [0.25, 0.3) is 0 Å². The minimum absolute atomic E-state index is 0.0207. The Morgan fingerprint density at radius 2 is 1.83 bits per heavy atom. The summed E-state index contributed by atoms with van der Waals surface area (Å²) >= 11 is 0. The van der Waals surface area contributed by atoms with Crippen LogP contribution in [-0.2, 0) is 11.3 Å². The summed E-state index contributed by atoms with van der Waals surface area (Å²) in [7, 11) is 1.33. The molecular formula is C27H30N4O5. The normalized spacial score (nSPS) is 15.2. The van der Waals surface area contributed by atoms with Gasteiger partial charge in [0.2, 0.25) is 5.95 Å². The average Bonchev–Trinajstić information content (AvgIpc) is 2.93. The van der Waals surface area contributed by atoms with Gasteiger partial charge >= 0.3 is 5.97 Å². The fraction of sp³-hybridized carbons (Fsp3) is 0.333. The zero-order valence-electron chi connectivity index (χ0n) is 20.5. The number of aromatic nitrogens is 2. The molecule has 2 aromatic carbocycles. The standard InChI is InChI=1S/C27H30N4O5/c1-3-35-23-11-4-5-12-24(23)36-22-10-7-13-31(18-22)27-29-16-21(17-30-27)25(32)28-15-19-8-6-9-20(14-19)26(33)34-2/h4-6,8-9,11-12,14,16-17,22H,3,7,10,13,15,18H2,1-2H3,(H,28,32)/t22-/m1/s1. The topological polar surface area (TPSA) is 103 Å². The SMILES string of the molecule is CCOc1ccccc1O[C@@H]1CCCN(c2ncc(C(=O)NCc3cccc(C(=O)OC)c3)cn2)C1. The first-order valence-electron chi connectivity index (χ1n) is 12.0. The number of methoxy groups -OCH3 is 1. The van der Waals surface area contributed by atoms with Crippen molar-refractivity contribution >= 4 is 17.8 Å². The number of benzene rings is 2. The van der Waals surface area contributed by atoms with Crippen LogP contribution in [0.5, 0.6) is 11.5 Å². The summed E-state index contributed by atoms with van der Waals surface area (Å²) in [6.45, 7) is 4.24. The van der Waals surface area contributed by atoms with Gasteiger partial charge in [0.05, 0.1) is 31.4 Å². The van der Waals surface area contributed by atoms with E-state index in [1.807, 2.05) is 37.3 Å². The smallest absolute Gasteiger partial charge is 0.337 e. The van der Waals surface area contributed by atoms with Gasteiger partial charge < -0.3 is 24.4 Å². The predicted octanol–water partition coefficient (Wildman–Crippen LogP) is 3.64. The van der Waals surface area contributed by atoms with Gasteiger partial charge in [0.15, 0.2) is 11.5 Å². The van der Waals surface area contributed by atoms with Crippen molar-refractivity contribution in [2.45, 2.75) is 32.4 Å². The highest BCUT2D eigenvalue weighted by atomic mass is 16.5. The molecule has 0 bridgehead atoms. The Hall–Kier alpha value is -4.14. The van der Waals surface area contributed by atoms with E-state index in [9.17, 15) is 9.59 Å². The molecule has 36 heavy (non-hydrogen) atoms. The summed E-state index contributed by atoms with van der Waals surface area (Å²) in [6.07, 6.45) is 4.90. The molecule has 3 aromatic rings. The lowest BCUT2D eigenvalue weighted by atomic mass is 10.1. The Balaban J connectivity index is 1.34. The molecule has 1 aliphatic rings. The van der Waals surface area contributed by atoms with Crippen LogP contribution in [0.3, 0.4) is 0 Å². The van der Waals surface area contributed by atoms with Crippen molar-refractivity contribution in [1.82, 2.24) is 15.3 Å². The van der Waals surface area contributed by atoms with E-state index in [1.54, 1.807) is 18.2 Å². The minimum atomic E-state index is -0.420. The van der Waals surface area contributed by atoms with Gasteiger partial charge in [-0.15, -0.1) is 0 Å². The van der Waals surface area contributed by atoms with Crippen LogP contribution in [-0.4, -0.2) is 54.8 Å². The fourth-order valence-corrected chi connectivity index (χ4v) is 4.03. The number of hydrogen-bond donors (Lipinski definition) is 1. The molecule has 9 heteroatoms. The lowest BCUT2D eigenvalue weighted by Crippen LogP contribution is -2.42. The highest BCUT2D eigenvalue weighted by Crippen LogP contribution is 2.29. The summed E-state index contributed by atoms with van der Waals surface area (Å²) in [5, 5.41) is 2.83. The molecule has 1 aromatic heterocycles. The van der Waals surface area contributed by atoms with Crippen LogP contribution in [0.15, 0.2) is 60.9 Å². The van der Waals surface area contributed by atoms with Crippen molar-refractivity contribution in [3.05, 3.63) is 77.6 Å². The lowest BCUT2D eigenvalue weighted by molar-refractivity contribution is 0.0600. The number of hydrogen-bond acceptors (Lipinski definition) is 8. The maximum Gasteiger partial charge on any atom is 0.337 e. The zero-order chi connectivity index (χ0) is 25.3. The van der Waals surface area contributed by atoms with Gasteiger partial charge in [-0.3, -0.25) is 4.79 Å². The van der Waals surface area contributed by atoms with Crippen molar-refractivity contribution in [3.8, 4) is 11.5 Å². The number of carbonyl (C=O) groups excluding carboxylic acids is 2. The fourth-order valence-electron chi connectivity index (χ4n) is 4.03. The molecule has 0 unspecified atom stereocenters. The predicted molar refractivity (Wildman–Crippen MR) is 134 cm³/mol. The van der Waals surface area contributed by atoms with Gasteiger partial charge in [-0.05, 0) is 49.6 Å². The summed E-state index contributed by atoms with van der Waals surface area (Å²) in [4.78, 5) is 35.2. The molecule has 9 nitrogen and oxygen atoms in total. The molecule has 0 aliphatic carbocycles. The van der Waals surface area contributed by atoms with Gasteiger partial charge in [-0.2, -0.15) is 0 Å². The molecule has 2 heterocycles. The number of ether oxygens (including phenoxy) is 3. The minimum Gasteiger partial charge on any atom is -0.490 e. The number of rotatable bonds is 9. The molecule has 1 atom stereocenters. The van der Waals surface area contributed by atoms with Crippen LogP contribution >= 0.6 is 0 Å². The number of esters is 1. The first-order chi connectivity index (χ1) is 17.6. The maximum atomic E-state index is 12.6. The summed E-state index contributed by atoms with van der Waals surface area (Å²) in [5.74, 6) is 1.31. The van der Waals surface area contributed by atoms with Crippen molar-refractivity contribution in [2.24, 2.45) is 0 Å². The van der Waals surface area contributed by atoms with E-state index in [2.05, 4.69) is 20.2 Å². The third-order valence-corrected chi connectivity index (χ3v) is 5.81. The van der Waals surface area contributed by atoms with Crippen molar-refractivity contribution in [1.29, 1.82) is 0 Å². The third kappa shape index (κ3) is 6.29. The Kier molecular flexibility index (Phi) is 8.33. The molecule has 1 N–H and O–H groups in total. The first-order valence-corrected chi connectivity index (χ1v) is 12.0. The summed E-state index contributed by atoms with van der Waals surface area (Å²) < 4.78 is 16.7. The van der Waals surface area contributed by atoms with E-state index in [0.717, 1.165) is 36.4 Å². The molecule has 0 saturated carbocycles. The van der Waals surface area contributed by atoms with E-state index in [4.69, 9.17) is 14.2 Å². The number of nitrogens with one attached hydrogen (secondary N) is 1. The van der Waals surface area contributed by atoms with Crippen LogP contribution in [0.1, 0.15) is 46.0 Å². The zero-order valence-corrected chi connectivity index (χ0v) is 20.5. The lowest BCUT2D eigenvalue weighted by Gasteiger charge is -2.33. The van der Waals surface area contributed by atoms with Crippen LogP contribution in [0, 0.1) is 0 Å². The highest BCUT2D eigenvalue weighted by molar-refractivity contribution is 5.93. The first kappa shape index (κ1) is 25.0. The number of amides is 1. The third-order valence-electron chi connectivity index (χ3n) is 5.81. The van der Waals surface area contributed by atoms with Crippen molar-refractivity contribution in [3.63, 3.8) is 0 Å². The van der Waals surface area contributed by atoms with Gasteiger partial charge in [0.25, 0.3) is 5.91 Å². The Bertz CT molecular complexity index is 1180. The number of anilines is 1. The second-order valence-electron chi connectivity index (χ2n) is 8.35. The van der Waals surface area contributed by atoms with E-state index in [0.29, 0.717) is 30.2 Å². The number of para-hydroxylation sites is 2. The molecule has 0 radical (unpaired) electrons. The van der Waals surface area contributed by atoms with E-state index >= 15 is 0 Å². The van der Waals surface area contributed by atoms with Crippen LogP contribution < -0.4 is 19.7 Å². The monoisotopic (exact) mass is 490 g/mol. The Labute approximate surface area is 210 Å². The maximum absolute atomic E-state index is 12.6. The Morgan fingerprint density at radius 1 is 1.06 bits per heavy atom. The molecule has 1 saturated heterocycles. The number of nitrogens with zero attached hydrogens (tertiary/aromatic N) is 3. The van der Waals surface area contributed by atoms with E-state index in [1.165, 1.54) is 19.5 Å². The van der Waals surface area contributed by atoms with Crippen LogP contribution in [0.4, 0.5) is 5.95 Å². The average molecular weight is 491 g/mol. The molecule has 4 rings (SSSR count). The second kappa shape index (κ2) is 12.0. The van der Waals surface area contributed by atoms with Crippen molar-refractivity contribution < 1.29 is 23.8 Å². The van der Waals surface area contributed by atoms with Gasteiger partial charge in [0, 0.05) is 25.5 Å². The molecule has 1 aliphatic heterocycles. The second-order valence-corrected chi connectivity index (χ2v) is 8.35. The molecule has 0 spiro atoms. The Morgan fingerprint density at radius 3 is 2.58 bits per heavy atom.